The smallest absolute Gasteiger partial charge is 0.261 e. The minimum atomic E-state index is -2.83. The van der Waals surface area contributed by atoms with Crippen molar-refractivity contribution in [2.45, 2.75) is 50.9 Å². The summed E-state index contributed by atoms with van der Waals surface area (Å²) in [5.74, 6) is 0. The van der Waals surface area contributed by atoms with Gasteiger partial charge in [0.05, 0.1) is 12.7 Å². The third-order valence-corrected chi connectivity index (χ3v) is 10.6. The Bertz CT molecular complexity index is 802. The lowest BCUT2D eigenvalue weighted by molar-refractivity contribution is -0.0650. The van der Waals surface area contributed by atoms with Crippen LogP contribution in [0.4, 0.5) is 0 Å². The van der Waals surface area contributed by atoms with Crippen LogP contribution in [-0.2, 0) is 4.43 Å². The number of aliphatic hydroxyl groups excluding tert-OH is 1. The molecule has 0 aliphatic carbocycles. The van der Waals surface area contributed by atoms with Crippen LogP contribution in [0.1, 0.15) is 34.1 Å². The van der Waals surface area contributed by atoms with Crippen molar-refractivity contribution < 1.29 is 14.6 Å². The molecule has 0 aliphatic heterocycles. The van der Waals surface area contributed by atoms with Crippen molar-refractivity contribution in [2.75, 3.05) is 6.61 Å². The van der Waals surface area contributed by atoms with E-state index in [1.165, 1.54) is 6.08 Å². The summed E-state index contributed by atoms with van der Waals surface area (Å²) >= 11 is 5.90. The van der Waals surface area contributed by atoms with Crippen LogP contribution in [0.25, 0.3) is 0 Å². The quantitative estimate of drug-likeness (QED) is 0.446. The largest absolute Gasteiger partial charge is 0.404 e. The molecule has 0 aromatic heterocycles. The van der Waals surface area contributed by atoms with Gasteiger partial charge in [-0.1, -0.05) is 105 Å². The molecular weight excluding hydrogens is 412 g/mol. The fourth-order valence-corrected chi connectivity index (χ4v) is 8.45. The van der Waals surface area contributed by atoms with Crippen LogP contribution in [0, 0.1) is 0 Å². The van der Waals surface area contributed by atoms with Gasteiger partial charge in [0.25, 0.3) is 8.32 Å². The Hall–Kier alpha value is -1.69. The van der Waals surface area contributed by atoms with E-state index in [1.807, 2.05) is 36.4 Å². The van der Waals surface area contributed by atoms with Crippen molar-refractivity contribution in [3.63, 3.8) is 0 Å². The first-order valence-corrected chi connectivity index (χ1v) is 12.5. The molecular formula is C25H33ClO3Si. The summed E-state index contributed by atoms with van der Waals surface area (Å²) in [6, 6.07) is 20.4. The Morgan fingerprint density at radius 2 is 1.53 bits per heavy atom. The molecule has 0 spiro atoms. The third-order valence-electron chi connectivity index (χ3n) is 5.49. The maximum absolute atomic E-state index is 11.2. The first kappa shape index (κ1) is 24.6. The second-order valence-electron chi connectivity index (χ2n) is 8.69. The minimum Gasteiger partial charge on any atom is -0.404 e. The van der Waals surface area contributed by atoms with E-state index in [0.29, 0.717) is 5.03 Å². The monoisotopic (exact) mass is 444 g/mol. The number of rotatable bonds is 9. The van der Waals surface area contributed by atoms with Gasteiger partial charge in [0.1, 0.15) is 5.60 Å². The van der Waals surface area contributed by atoms with Crippen molar-refractivity contribution in [3.05, 3.63) is 84.4 Å². The molecule has 0 saturated carbocycles. The molecule has 0 bridgehead atoms. The fourth-order valence-electron chi connectivity index (χ4n) is 3.75. The number of aliphatic hydroxyl groups is 2. The highest BCUT2D eigenvalue weighted by Gasteiger charge is 2.51. The second-order valence-corrected chi connectivity index (χ2v) is 13.6. The Morgan fingerprint density at radius 3 is 1.90 bits per heavy atom. The number of allylic oxidation sites excluding steroid dienone is 1. The molecule has 0 radical (unpaired) electrons. The molecule has 162 valence electrons. The first-order valence-electron chi connectivity index (χ1n) is 10.2. The zero-order chi connectivity index (χ0) is 22.4. The maximum atomic E-state index is 11.2. The second kappa shape index (κ2) is 10.1. The molecule has 5 heteroatoms. The number of hydrogen-bond donors (Lipinski definition) is 2. The Labute approximate surface area is 186 Å². The van der Waals surface area contributed by atoms with Gasteiger partial charge in [0, 0.05) is 5.03 Å². The molecule has 0 aliphatic rings. The Kier molecular flexibility index (Phi) is 8.25. The van der Waals surface area contributed by atoms with E-state index in [0.717, 1.165) is 10.4 Å². The van der Waals surface area contributed by atoms with Crippen molar-refractivity contribution in [2.24, 2.45) is 0 Å². The molecule has 2 atom stereocenters. The molecule has 0 amide bonds. The Balaban J connectivity index is 2.53. The van der Waals surface area contributed by atoms with Crippen LogP contribution in [0.5, 0.6) is 0 Å². The van der Waals surface area contributed by atoms with Crippen LogP contribution < -0.4 is 10.4 Å². The van der Waals surface area contributed by atoms with Gasteiger partial charge in [-0.15, -0.1) is 6.58 Å². The standard InChI is InChI=1S/C25H33ClO3Si/c1-6-25(28,23(27)18-17-20(2)26)19-29-30(24(3,4)5,21-13-9-7-10-14-21)22-15-11-8-12-16-22/h6-17,23,27-28H,1,18-19H2,2-5H3/b20-17-. The number of halogens is 1. The Morgan fingerprint density at radius 1 is 1.07 bits per heavy atom. The molecule has 2 aromatic rings. The average Bonchev–Trinajstić information content (AvgIpc) is 2.72. The van der Waals surface area contributed by atoms with Gasteiger partial charge >= 0.3 is 0 Å². The van der Waals surface area contributed by atoms with Gasteiger partial charge in [0.15, 0.2) is 0 Å². The van der Waals surface area contributed by atoms with Gasteiger partial charge in [-0.3, -0.25) is 0 Å². The summed E-state index contributed by atoms with van der Waals surface area (Å²) < 4.78 is 6.75. The molecule has 2 N–H and O–H groups in total. The summed E-state index contributed by atoms with van der Waals surface area (Å²) in [6.07, 6.45) is 2.18. The van der Waals surface area contributed by atoms with E-state index in [-0.39, 0.29) is 18.1 Å². The number of hydrogen-bond acceptors (Lipinski definition) is 3. The molecule has 2 unspecified atom stereocenters. The lowest BCUT2D eigenvalue weighted by Gasteiger charge is -2.45. The lowest BCUT2D eigenvalue weighted by atomic mass is 9.95. The zero-order valence-corrected chi connectivity index (χ0v) is 20.1. The van der Waals surface area contributed by atoms with Gasteiger partial charge < -0.3 is 14.6 Å². The van der Waals surface area contributed by atoms with Gasteiger partial charge in [-0.2, -0.15) is 0 Å². The fraction of sp³-hybridized carbons (Fsp3) is 0.360. The summed E-state index contributed by atoms with van der Waals surface area (Å²) in [6.45, 7) is 11.9. The molecule has 30 heavy (non-hydrogen) atoms. The number of benzene rings is 2. The van der Waals surface area contributed by atoms with Gasteiger partial charge in [-0.05, 0) is 28.8 Å². The minimum absolute atomic E-state index is 0.0693. The van der Waals surface area contributed by atoms with Crippen LogP contribution >= 0.6 is 11.6 Å². The van der Waals surface area contributed by atoms with E-state index in [2.05, 4.69) is 51.6 Å². The van der Waals surface area contributed by atoms with E-state index in [1.54, 1.807) is 13.0 Å². The average molecular weight is 445 g/mol. The SMILES string of the molecule is C=CC(O)(CO[Si](c1ccccc1)(c1ccccc1)C(C)(C)C)C(O)C/C=C(/C)Cl. The van der Waals surface area contributed by atoms with E-state index < -0.39 is 20.0 Å². The van der Waals surface area contributed by atoms with E-state index in [9.17, 15) is 10.2 Å². The third kappa shape index (κ3) is 5.31. The molecule has 0 fully saturated rings. The van der Waals surface area contributed by atoms with Gasteiger partial charge in [-0.25, -0.2) is 0 Å². The van der Waals surface area contributed by atoms with Crippen LogP contribution in [0.2, 0.25) is 5.04 Å². The topological polar surface area (TPSA) is 49.7 Å². The van der Waals surface area contributed by atoms with Crippen molar-refractivity contribution in [3.8, 4) is 0 Å². The highest BCUT2D eigenvalue weighted by Crippen LogP contribution is 2.37. The zero-order valence-electron chi connectivity index (χ0n) is 18.3. The van der Waals surface area contributed by atoms with Gasteiger partial charge in [0.2, 0.25) is 0 Å². The van der Waals surface area contributed by atoms with Crippen molar-refractivity contribution in [1.29, 1.82) is 0 Å². The normalized spacial score (nSPS) is 16.0. The molecule has 2 aromatic carbocycles. The highest BCUT2D eigenvalue weighted by molar-refractivity contribution is 6.99. The summed E-state index contributed by atoms with van der Waals surface area (Å²) in [5.41, 5.74) is -1.60. The highest BCUT2D eigenvalue weighted by atomic mass is 35.5. The summed E-state index contributed by atoms with van der Waals surface area (Å²) in [7, 11) is -2.83. The van der Waals surface area contributed by atoms with E-state index >= 15 is 0 Å². The van der Waals surface area contributed by atoms with Crippen molar-refractivity contribution in [1.82, 2.24) is 0 Å². The summed E-state index contributed by atoms with van der Waals surface area (Å²) in [4.78, 5) is 0. The predicted octanol–water partition coefficient (Wildman–Crippen LogP) is 4.37. The molecule has 0 saturated heterocycles. The maximum Gasteiger partial charge on any atom is 0.261 e. The van der Waals surface area contributed by atoms with Crippen LogP contribution in [-0.4, -0.2) is 36.8 Å². The van der Waals surface area contributed by atoms with Crippen LogP contribution in [0.15, 0.2) is 84.4 Å². The van der Waals surface area contributed by atoms with Crippen LogP contribution in [0.3, 0.4) is 0 Å². The first-order chi connectivity index (χ1) is 14.1. The molecule has 3 nitrogen and oxygen atoms in total. The lowest BCUT2D eigenvalue weighted by Crippen LogP contribution is -2.68. The van der Waals surface area contributed by atoms with E-state index in [4.69, 9.17) is 16.0 Å². The molecule has 0 heterocycles. The molecule has 2 rings (SSSR count). The summed E-state index contributed by atoms with van der Waals surface area (Å²) in [5, 5.41) is 24.4. The predicted molar refractivity (Wildman–Crippen MR) is 129 cm³/mol. The van der Waals surface area contributed by atoms with Crippen molar-refractivity contribution >= 4 is 30.3 Å².